The summed E-state index contributed by atoms with van der Waals surface area (Å²) in [5.74, 6) is -0.540. The van der Waals surface area contributed by atoms with Crippen LogP contribution in [0.4, 0.5) is 0 Å². The van der Waals surface area contributed by atoms with Crippen molar-refractivity contribution in [1.82, 2.24) is 0 Å². The number of hydrogen-bond acceptors (Lipinski definition) is 5. The molecule has 0 fully saturated rings. The van der Waals surface area contributed by atoms with Crippen molar-refractivity contribution in [2.24, 2.45) is 5.73 Å². The maximum atomic E-state index is 11.2. The molecule has 98 valence electrons. The van der Waals surface area contributed by atoms with E-state index in [4.69, 9.17) is 10.5 Å². The molecule has 0 radical (unpaired) electrons. The van der Waals surface area contributed by atoms with Crippen molar-refractivity contribution in [3.05, 3.63) is 30.3 Å². The van der Waals surface area contributed by atoms with E-state index in [2.05, 4.69) is 4.74 Å². The standard InChI is InChI=1S/C13H17NO4/c1-10(17-11-5-3-2-4-6-11)7-8-12(15)18-13(16)9-14/h2-6,10H,7-9,14H2,1H3. The summed E-state index contributed by atoms with van der Waals surface area (Å²) in [5, 5.41) is 0. The van der Waals surface area contributed by atoms with Gasteiger partial charge in [0.05, 0.1) is 12.6 Å². The van der Waals surface area contributed by atoms with Gasteiger partial charge in [-0.25, -0.2) is 0 Å². The predicted octanol–water partition coefficient (Wildman–Crippen LogP) is 1.26. The Hall–Kier alpha value is -1.88. The van der Waals surface area contributed by atoms with Crippen LogP contribution in [-0.2, 0) is 14.3 Å². The molecule has 1 atom stereocenters. The quantitative estimate of drug-likeness (QED) is 0.608. The van der Waals surface area contributed by atoms with Crippen molar-refractivity contribution in [2.45, 2.75) is 25.9 Å². The molecule has 0 aliphatic heterocycles. The van der Waals surface area contributed by atoms with Crippen LogP contribution in [0.1, 0.15) is 19.8 Å². The van der Waals surface area contributed by atoms with Crippen LogP contribution < -0.4 is 10.5 Å². The van der Waals surface area contributed by atoms with Crippen molar-refractivity contribution in [3.8, 4) is 5.75 Å². The van der Waals surface area contributed by atoms with E-state index in [1.807, 2.05) is 37.3 Å². The first-order chi connectivity index (χ1) is 8.61. The zero-order chi connectivity index (χ0) is 13.4. The van der Waals surface area contributed by atoms with Gasteiger partial charge in [-0.05, 0) is 25.5 Å². The Morgan fingerprint density at radius 3 is 2.50 bits per heavy atom. The minimum absolute atomic E-state index is 0.125. The Balaban J connectivity index is 2.27. The molecule has 0 aliphatic carbocycles. The molecular weight excluding hydrogens is 234 g/mol. The number of carbonyl (C=O) groups excluding carboxylic acids is 2. The molecule has 0 aromatic heterocycles. The summed E-state index contributed by atoms with van der Waals surface area (Å²) in [6, 6.07) is 9.32. The third-order valence-corrected chi connectivity index (χ3v) is 2.23. The van der Waals surface area contributed by atoms with E-state index >= 15 is 0 Å². The number of esters is 2. The summed E-state index contributed by atoms with van der Waals surface area (Å²) in [7, 11) is 0. The van der Waals surface area contributed by atoms with Crippen molar-refractivity contribution < 1.29 is 19.1 Å². The molecule has 5 heteroatoms. The third kappa shape index (κ3) is 5.45. The fourth-order valence-electron chi connectivity index (χ4n) is 1.33. The smallest absolute Gasteiger partial charge is 0.327 e. The molecule has 1 aromatic rings. The van der Waals surface area contributed by atoms with E-state index in [-0.39, 0.29) is 19.1 Å². The van der Waals surface area contributed by atoms with Crippen molar-refractivity contribution >= 4 is 11.9 Å². The molecule has 0 amide bonds. The monoisotopic (exact) mass is 251 g/mol. The van der Waals surface area contributed by atoms with Crippen LogP contribution in [0, 0.1) is 0 Å². The molecule has 1 rings (SSSR count). The number of para-hydroxylation sites is 1. The molecule has 0 saturated carbocycles. The topological polar surface area (TPSA) is 78.6 Å². The van der Waals surface area contributed by atoms with Gasteiger partial charge in [-0.1, -0.05) is 18.2 Å². The van der Waals surface area contributed by atoms with Gasteiger partial charge in [0.15, 0.2) is 0 Å². The first-order valence-corrected chi connectivity index (χ1v) is 5.77. The van der Waals surface area contributed by atoms with Gasteiger partial charge >= 0.3 is 11.9 Å². The van der Waals surface area contributed by atoms with Gasteiger partial charge in [0, 0.05) is 6.42 Å². The molecule has 18 heavy (non-hydrogen) atoms. The molecule has 1 aromatic carbocycles. The van der Waals surface area contributed by atoms with Gasteiger partial charge < -0.3 is 15.2 Å². The van der Waals surface area contributed by atoms with Crippen LogP contribution in [0.25, 0.3) is 0 Å². The molecule has 0 heterocycles. The van der Waals surface area contributed by atoms with Gasteiger partial charge in [-0.2, -0.15) is 0 Å². The van der Waals surface area contributed by atoms with Crippen LogP contribution in [0.5, 0.6) is 5.75 Å². The Morgan fingerprint density at radius 2 is 1.89 bits per heavy atom. The zero-order valence-electron chi connectivity index (χ0n) is 10.3. The lowest BCUT2D eigenvalue weighted by atomic mass is 10.2. The van der Waals surface area contributed by atoms with E-state index in [0.29, 0.717) is 6.42 Å². The zero-order valence-corrected chi connectivity index (χ0v) is 10.3. The fraction of sp³-hybridized carbons (Fsp3) is 0.385. The van der Waals surface area contributed by atoms with Crippen molar-refractivity contribution in [2.75, 3.05) is 6.54 Å². The van der Waals surface area contributed by atoms with Crippen LogP contribution in [0.2, 0.25) is 0 Å². The number of benzene rings is 1. The Labute approximate surface area is 106 Å². The minimum Gasteiger partial charge on any atom is -0.491 e. The third-order valence-electron chi connectivity index (χ3n) is 2.23. The lowest BCUT2D eigenvalue weighted by molar-refractivity contribution is -0.158. The molecular formula is C13H17NO4. The number of hydrogen-bond donors (Lipinski definition) is 1. The van der Waals surface area contributed by atoms with Crippen molar-refractivity contribution in [1.29, 1.82) is 0 Å². The normalized spacial score (nSPS) is 11.7. The second-order valence-corrected chi connectivity index (χ2v) is 3.83. The molecule has 0 aliphatic rings. The highest BCUT2D eigenvalue weighted by Gasteiger charge is 2.11. The van der Waals surface area contributed by atoms with Gasteiger partial charge in [-0.15, -0.1) is 0 Å². The molecule has 0 spiro atoms. The first-order valence-electron chi connectivity index (χ1n) is 5.77. The van der Waals surface area contributed by atoms with Crippen LogP contribution in [-0.4, -0.2) is 24.6 Å². The second-order valence-electron chi connectivity index (χ2n) is 3.83. The summed E-state index contributed by atoms with van der Waals surface area (Å²) in [5.41, 5.74) is 5.03. The summed E-state index contributed by atoms with van der Waals surface area (Å²) in [6.07, 6.45) is 0.471. The highest BCUT2D eigenvalue weighted by molar-refractivity contribution is 5.86. The van der Waals surface area contributed by atoms with E-state index in [0.717, 1.165) is 5.75 Å². The van der Waals surface area contributed by atoms with Gasteiger partial charge in [0.1, 0.15) is 5.75 Å². The Bertz CT molecular complexity index is 391. The van der Waals surface area contributed by atoms with Crippen LogP contribution in [0.15, 0.2) is 30.3 Å². The number of ether oxygens (including phenoxy) is 2. The molecule has 0 bridgehead atoms. The van der Waals surface area contributed by atoms with Gasteiger partial charge in [0.2, 0.25) is 0 Å². The number of rotatable bonds is 6. The Morgan fingerprint density at radius 1 is 1.22 bits per heavy atom. The van der Waals surface area contributed by atoms with E-state index in [1.54, 1.807) is 0 Å². The summed E-state index contributed by atoms with van der Waals surface area (Å²) >= 11 is 0. The average molecular weight is 251 g/mol. The summed E-state index contributed by atoms with van der Waals surface area (Å²) in [4.78, 5) is 22.0. The summed E-state index contributed by atoms with van der Waals surface area (Å²) < 4.78 is 10.0. The number of nitrogens with two attached hydrogens (primary N) is 1. The molecule has 0 saturated heterocycles. The van der Waals surface area contributed by atoms with Crippen LogP contribution >= 0.6 is 0 Å². The van der Waals surface area contributed by atoms with Gasteiger partial charge in [-0.3, -0.25) is 9.59 Å². The molecule has 2 N–H and O–H groups in total. The second kappa shape index (κ2) is 7.45. The van der Waals surface area contributed by atoms with Crippen LogP contribution in [0.3, 0.4) is 0 Å². The average Bonchev–Trinajstić information content (AvgIpc) is 2.37. The highest BCUT2D eigenvalue weighted by Crippen LogP contribution is 2.13. The highest BCUT2D eigenvalue weighted by atomic mass is 16.6. The lowest BCUT2D eigenvalue weighted by Crippen LogP contribution is -2.22. The number of carbonyl (C=O) groups is 2. The Kier molecular flexibility index (Phi) is 5.87. The minimum atomic E-state index is -0.711. The van der Waals surface area contributed by atoms with Crippen molar-refractivity contribution in [3.63, 3.8) is 0 Å². The molecule has 1 unspecified atom stereocenters. The maximum absolute atomic E-state index is 11.2. The summed E-state index contributed by atoms with van der Waals surface area (Å²) in [6.45, 7) is 1.56. The first kappa shape index (κ1) is 14.2. The maximum Gasteiger partial charge on any atom is 0.327 e. The van der Waals surface area contributed by atoms with Gasteiger partial charge in [0.25, 0.3) is 0 Å². The van der Waals surface area contributed by atoms with E-state index in [9.17, 15) is 9.59 Å². The fourth-order valence-corrected chi connectivity index (χ4v) is 1.33. The SMILES string of the molecule is CC(CCC(=O)OC(=O)CN)Oc1ccccc1. The predicted molar refractivity (Wildman–Crippen MR) is 65.9 cm³/mol. The van der Waals surface area contributed by atoms with E-state index < -0.39 is 11.9 Å². The lowest BCUT2D eigenvalue weighted by Gasteiger charge is -2.13. The molecule has 5 nitrogen and oxygen atoms in total. The van der Waals surface area contributed by atoms with E-state index in [1.165, 1.54) is 0 Å². The largest absolute Gasteiger partial charge is 0.491 e.